The number of benzene rings is 2. The van der Waals surface area contributed by atoms with Crippen LogP contribution in [0.15, 0.2) is 58.6 Å². The number of amidine groups is 1. The molecule has 1 aromatic heterocycles. The van der Waals surface area contributed by atoms with Gasteiger partial charge in [-0.1, -0.05) is 35.3 Å². The van der Waals surface area contributed by atoms with Gasteiger partial charge >= 0.3 is 5.97 Å². The van der Waals surface area contributed by atoms with Crippen LogP contribution in [0.4, 0.5) is 5.69 Å². The second kappa shape index (κ2) is 9.09. The molecule has 0 saturated carbocycles. The highest BCUT2D eigenvalue weighted by molar-refractivity contribution is 8.18. The van der Waals surface area contributed by atoms with Crippen LogP contribution in [0.5, 0.6) is 0 Å². The Labute approximate surface area is 192 Å². The van der Waals surface area contributed by atoms with E-state index in [2.05, 4.69) is 15.3 Å². The Bertz CT molecular complexity index is 1250. The summed E-state index contributed by atoms with van der Waals surface area (Å²) in [6.07, 6.45) is 3.23. The summed E-state index contributed by atoms with van der Waals surface area (Å²) < 4.78 is 5.03. The first kappa shape index (κ1) is 21.4. The number of halogens is 2. The number of thioether (sulfide) groups is 1. The van der Waals surface area contributed by atoms with Crippen LogP contribution in [0.2, 0.25) is 10.0 Å². The molecule has 6 nitrogen and oxygen atoms in total. The number of pyridine rings is 1. The smallest absolute Gasteiger partial charge is 0.339 e. The van der Waals surface area contributed by atoms with E-state index in [1.54, 1.807) is 37.3 Å². The topological polar surface area (TPSA) is 80.7 Å². The van der Waals surface area contributed by atoms with Crippen molar-refractivity contribution in [1.82, 2.24) is 10.3 Å². The molecular formula is C22H15Cl2N3O3S. The molecule has 0 bridgehead atoms. The molecule has 0 radical (unpaired) electrons. The van der Waals surface area contributed by atoms with Crippen molar-refractivity contribution in [3.8, 4) is 0 Å². The molecule has 9 heteroatoms. The van der Waals surface area contributed by atoms with Crippen LogP contribution >= 0.6 is 35.0 Å². The quantitative estimate of drug-likeness (QED) is 0.395. The molecule has 4 rings (SSSR count). The molecule has 1 fully saturated rings. The van der Waals surface area contributed by atoms with E-state index >= 15 is 0 Å². The Hall–Kier alpha value is -2.87. The van der Waals surface area contributed by atoms with E-state index in [4.69, 9.17) is 27.9 Å². The third kappa shape index (κ3) is 4.74. The molecule has 1 aliphatic rings. The molecule has 2 aromatic carbocycles. The summed E-state index contributed by atoms with van der Waals surface area (Å²) in [5.74, 6) is -0.698. The lowest BCUT2D eigenvalue weighted by Crippen LogP contribution is -2.19. The number of amides is 1. The predicted octanol–water partition coefficient (Wildman–Crippen LogP) is 5.61. The molecule has 1 N–H and O–H groups in total. The van der Waals surface area contributed by atoms with Gasteiger partial charge in [0.15, 0.2) is 5.17 Å². The molecule has 31 heavy (non-hydrogen) atoms. The molecule has 156 valence electrons. The van der Waals surface area contributed by atoms with E-state index in [0.717, 1.165) is 16.5 Å². The number of hydrogen-bond donors (Lipinski definition) is 1. The maximum Gasteiger partial charge on any atom is 0.339 e. The second-order valence-electron chi connectivity index (χ2n) is 6.45. The number of carbonyl (C=O) groups is 2. The van der Waals surface area contributed by atoms with Crippen molar-refractivity contribution in [1.29, 1.82) is 0 Å². The summed E-state index contributed by atoms with van der Waals surface area (Å²) in [7, 11) is 0. The van der Waals surface area contributed by atoms with Gasteiger partial charge in [-0.25, -0.2) is 9.79 Å². The maximum atomic E-state index is 12.4. The summed E-state index contributed by atoms with van der Waals surface area (Å²) in [5, 5.41) is 4.66. The van der Waals surface area contributed by atoms with Crippen molar-refractivity contribution in [3.05, 3.63) is 74.7 Å². The average molecular weight is 472 g/mol. The van der Waals surface area contributed by atoms with Crippen LogP contribution in [0.3, 0.4) is 0 Å². The Morgan fingerprint density at radius 3 is 2.74 bits per heavy atom. The van der Waals surface area contributed by atoms with Gasteiger partial charge < -0.3 is 10.1 Å². The molecule has 1 aliphatic heterocycles. The van der Waals surface area contributed by atoms with E-state index in [0.29, 0.717) is 38.0 Å². The van der Waals surface area contributed by atoms with Crippen LogP contribution in [-0.2, 0) is 9.53 Å². The lowest BCUT2D eigenvalue weighted by Gasteiger charge is -2.04. The standard InChI is InChI=1S/C22H15Cl2N3O3S/c1-2-30-21(29)14-10-13-8-12(6-7-17(13)25-11-14)9-18-20(28)27-22(31-18)26-19-15(23)4-3-5-16(19)24/h3-11H,2H2,1H3,(H,26,27,28)/b18-9+. The van der Waals surface area contributed by atoms with Crippen LogP contribution in [0.25, 0.3) is 17.0 Å². The number of carbonyl (C=O) groups excluding carboxylic acids is 2. The zero-order chi connectivity index (χ0) is 22.0. The van der Waals surface area contributed by atoms with Gasteiger partial charge in [0.1, 0.15) is 5.69 Å². The van der Waals surface area contributed by atoms with Crippen molar-refractivity contribution < 1.29 is 14.3 Å². The zero-order valence-corrected chi connectivity index (χ0v) is 18.5. The van der Waals surface area contributed by atoms with Crippen molar-refractivity contribution in [2.75, 3.05) is 6.61 Å². The minimum atomic E-state index is -0.425. The SMILES string of the molecule is CCOC(=O)c1cnc2ccc(/C=C3/SC(=Nc4c(Cl)cccc4Cl)NC3=O)cc2c1. The monoisotopic (exact) mass is 471 g/mol. The number of rotatable bonds is 4. The Morgan fingerprint density at radius 2 is 2.00 bits per heavy atom. The molecule has 3 aromatic rings. The van der Waals surface area contributed by atoms with Gasteiger partial charge in [-0.05, 0) is 60.7 Å². The highest BCUT2D eigenvalue weighted by Crippen LogP contribution is 2.35. The largest absolute Gasteiger partial charge is 0.462 e. The molecule has 0 unspecified atom stereocenters. The lowest BCUT2D eigenvalue weighted by molar-refractivity contribution is -0.115. The summed E-state index contributed by atoms with van der Waals surface area (Å²) in [4.78, 5) is 33.5. The Morgan fingerprint density at radius 1 is 1.23 bits per heavy atom. The molecular weight excluding hydrogens is 457 g/mol. The van der Waals surface area contributed by atoms with Crippen molar-refractivity contribution in [2.45, 2.75) is 6.92 Å². The van der Waals surface area contributed by atoms with E-state index < -0.39 is 5.97 Å². The van der Waals surface area contributed by atoms with Gasteiger partial charge in [0.05, 0.1) is 32.6 Å². The van der Waals surface area contributed by atoms with Crippen LogP contribution < -0.4 is 5.32 Å². The number of aliphatic imine (C=N–C) groups is 1. The van der Waals surface area contributed by atoms with Gasteiger partial charge in [-0.15, -0.1) is 0 Å². The van der Waals surface area contributed by atoms with Gasteiger partial charge in [0, 0.05) is 11.6 Å². The number of fused-ring (bicyclic) bond motifs is 1. The van der Waals surface area contributed by atoms with Gasteiger partial charge in [-0.2, -0.15) is 0 Å². The first-order valence-electron chi connectivity index (χ1n) is 9.25. The number of nitrogens with zero attached hydrogens (tertiary/aromatic N) is 2. The molecule has 1 amide bonds. The first-order valence-corrected chi connectivity index (χ1v) is 10.8. The average Bonchev–Trinajstić information content (AvgIpc) is 3.09. The highest BCUT2D eigenvalue weighted by Gasteiger charge is 2.24. The number of aromatic nitrogens is 1. The summed E-state index contributed by atoms with van der Waals surface area (Å²) >= 11 is 13.5. The molecule has 0 aliphatic carbocycles. The number of nitrogens with one attached hydrogen (secondary N) is 1. The molecule has 0 atom stereocenters. The lowest BCUT2D eigenvalue weighted by atomic mass is 10.1. The summed E-state index contributed by atoms with van der Waals surface area (Å²) in [6.45, 7) is 2.04. The maximum absolute atomic E-state index is 12.4. The number of hydrogen-bond acceptors (Lipinski definition) is 6. The normalized spacial score (nSPS) is 16.2. The fourth-order valence-corrected chi connectivity index (χ4v) is 4.20. The van der Waals surface area contributed by atoms with E-state index in [-0.39, 0.29) is 5.91 Å². The fraction of sp³-hybridized carbons (Fsp3) is 0.0909. The second-order valence-corrected chi connectivity index (χ2v) is 8.29. The van der Waals surface area contributed by atoms with Crippen molar-refractivity contribution in [2.24, 2.45) is 4.99 Å². The Kier molecular flexibility index (Phi) is 6.27. The predicted molar refractivity (Wildman–Crippen MR) is 125 cm³/mol. The third-order valence-electron chi connectivity index (χ3n) is 4.32. The van der Waals surface area contributed by atoms with Gasteiger partial charge in [0.25, 0.3) is 5.91 Å². The van der Waals surface area contributed by atoms with Crippen LogP contribution in [0.1, 0.15) is 22.8 Å². The minimum absolute atomic E-state index is 0.273. The number of ether oxygens (including phenoxy) is 1. The van der Waals surface area contributed by atoms with Crippen molar-refractivity contribution >= 4 is 74.7 Å². The van der Waals surface area contributed by atoms with Crippen LogP contribution in [-0.4, -0.2) is 28.6 Å². The van der Waals surface area contributed by atoms with Crippen LogP contribution in [0, 0.1) is 0 Å². The first-order chi connectivity index (χ1) is 14.9. The number of para-hydroxylation sites is 1. The van der Waals surface area contributed by atoms with E-state index in [1.165, 1.54) is 18.0 Å². The molecule has 1 saturated heterocycles. The number of esters is 1. The third-order valence-corrected chi connectivity index (χ3v) is 5.84. The highest BCUT2D eigenvalue weighted by atomic mass is 35.5. The van der Waals surface area contributed by atoms with Gasteiger partial charge in [0.2, 0.25) is 0 Å². The van der Waals surface area contributed by atoms with Crippen molar-refractivity contribution in [3.63, 3.8) is 0 Å². The van der Waals surface area contributed by atoms with Gasteiger partial charge in [-0.3, -0.25) is 9.78 Å². The molecule has 0 spiro atoms. The summed E-state index contributed by atoms with van der Waals surface area (Å²) in [6, 6.07) is 12.3. The Balaban J connectivity index is 1.62. The zero-order valence-electron chi connectivity index (χ0n) is 16.2. The van der Waals surface area contributed by atoms with E-state index in [1.807, 2.05) is 18.2 Å². The minimum Gasteiger partial charge on any atom is -0.462 e. The fourth-order valence-electron chi connectivity index (χ4n) is 2.90. The molecule has 2 heterocycles. The summed E-state index contributed by atoms with van der Waals surface area (Å²) in [5.41, 5.74) is 2.29. The van der Waals surface area contributed by atoms with E-state index in [9.17, 15) is 9.59 Å².